The number of morpholine rings is 1. The van der Waals surface area contributed by atoms with Crippen molar-refractivity contribution in [1.82, 2.24) is 9.88 Å². The van der Waals surface area contributed by atoms with Crippen molar-refractivity contribution >= 4 is 22.4 Å². The molecule has 0 spiro atoms. The van der Waals surface area contributed by atoms with Gasteiger partial charge in [0.2, 0.25) is 0 Å². The summed E-state index contributed by atoms with van der Waals surface area (Å²) in [6.07, 6.45) is 0.368. The van der Waals surface area contributed by atoms with Gasteiger partial charge in [-0.25, -0.2) is 4.98 Å². The summed E-state index contributed by atoms with van der Waals surface area (Å²) in [5.41, 5.74) is 1.22. The number of thiazole rings is 1. The molecule has 0 unspecified atom stereocenters. The number of hydrogen-bond acceptors (Lipinski definition) is 6. The van der Waals surface area contributed by atoms with Gasteiger partial charge in [-0.05, 0) is 38.1 Å². The lowest BCUT2D eigenvalue weighted by molar-refractivity contribution is -0.0707. The minimum Gasteiger partial charge on any atom is -0.435 e. The zero-order chi connectivity index (χ0) is 19.4. The number of benzene rings is 1. The summed E-state index contributed by atoms with van der Waals surface area (Å²) < 4.78 is 34.3. The molecule has 2 aromatic rings. The lowest BCUT2D eigenvalue weighted by atomic mass is 10.2. The van der Waals surface area contributed by atoms with Crippen LogP contribution in [0, 0.1) is 0 Å². The van der Waals surface area contributed by atoms with Crippen molar-refractivity contribution < 1.29 is 23.0 Å². The van der Waals surface area contributed by atoms with E-state index in [9.17, 15) is 13.6 Å². The van der Waals surface area contributed by atoms with E-state index in [0.717, 1.165) is 18.8 Å². The third-order valence-electron chi connectivity index (χ3n) is 3.99. The van der Waals surface area contributed by atoms with Gasteiger partial charge < -0.3 is 9.47 Å². The Bertz CT molecular complexity index is 759. The fourth-order valence-corrected chi connectivity index (χ4v) is 3.73. The number of halogens is 2. The molecule has 6 nitrogen and oxygen atoms in total. The van der Waals surface area contributed by atoms with Crippen molar-refractivity contribution in [2.24, 2.45) is 0 Å². The van der Waals surface area contributed by atoms with E-state index in [0.29, 0.717) is 17.2 Å². The zero-order valence-electron chi connectivity index (χ0n) is 15.0. The first-order valence-corrected chi connectivity index (χ1v) is 9.45. The summed E-state index contributed by atoms with van der Waals surface area (Å²) in [7, 11) is 0. The highest BCUT2D eigenvalue weighted by Crippen LogP contribution is 2.21. The summed E-state index contributed by atoms with van der Waals surface area (Å²) in [6.45, 7) is 3.59. The lowest BCUT2D eigenvalue weighted by Gasteiger charge is -2.34. The van der Waals surface area contributed by atoms with Crippen molar-refractivity contribution in [3.8, 4) is 5.75 Å². The quantitative estimate of drug-likeness (QED) is 0.807. The highest BCUT2D eigenvalue weighted by Gasteiger charge is 2.22. The molecule has 27 heavy (non-hydrogen) atoms. The van der Waals surface area contributed by atoms with Crippen molar-refractivity contribution in [1.29, 1.82) is 0 Å². The van der Waals surface area contributed by atoms with Crippen LogP contribution < -0.4 is 10.1 Å². The Morgan fingerprint density at radius 2 is 2.00 bits per heavy atom. The zero-order valence-corrected chi connectivity index (χ0v) is 15.8. The summed E-state index contributed by atoms with van der Waals surface area (Å²) in [6, 6.07) is 5.51. The van der Waals surface area contributed by atoms with Gasteiger partial charge in [0.05, 0.1) is 17.9 Å². The van der Waals surface area contributed by atoms with Crippen LogP contribution in [-0.2, 0) is 11.3 Å². The van der Waals surface area contributed by atoms with E-state index in [-0.39, 0.29) is 23.9 Å². The monoisotopic (exact) mass is 397 g/mol. The summed E-state index contributed by atoms with van der Waals surface area (Å²) in [5.74, 6) is -0.347. The number of hydrogen-bond donors (Lipinski definition) is 1. The van der Waals surface area contributed by atoms with E-state index in [1.54, 1.807) is 0 Å². The number of ether oxygens (including phenoxy) is 2. The van der Waals surface area contributed by atoms with Crippen LogP contribution in [0.5, 0.6) is 5.75 Å². The highest BCUT2D eigenvalue weighted by molar-refractivity contribution is 7.13. The van der Waals surface area contributed by atoms with E-state index in [1.165, 1.54) is 35.6 Å². The van der Waals surface area contributed by atoms with Gasteiger partial charge in [0.1, 0.15) is 5.75 Å². The number of nitrogens with zero attached hydrogens (tertiary/aromatic N) is 2. The highest BCUT2D eigenvalue weighted by atomic mass is 32.1. The van der Waals surface area contributed by atoms with Crippen LogP contribution in [0.1, 0.15) is 29.9 Å². The van der Waals surface area contributed by atoms with E-state index >= 15 is 0 Å². The Labute approximate surface area is 160 Å². The number of rotatable bonds is 6. The maximum Gasteiger partial charge on any atom is 0.387 e. The standard InChI is InChI=1S/C18H21F2N3O3S/c1-11-7-23(8-12(2)25-11)9-14-10-27-18(21-14)22-16(24)13-3-5-15(6-4-13)26-17(19)20/h3-6,10-12,17H,7-9H2,1-2H3,(H,21,22,24)/t11-,12-/m0/s1. The number of carbonyl (C=O) groups is 1. The van der Waals surface area contributed by atoms with Crippen LogP contribution in [0.25, 0.3) is 0 Å². The SMILES string of the molecule is C[C@H]1CN(Cc2csc(NC(=O)c3ccc(OC(F)F)cc3)n2)C[C@H](C)O1. The van der Waals surface area contributed by atoms with Gasteiger partial charge >= 0.3 is 6.61 Å². The fourth-order valence-electron chi connectivity index (χ4n) is 3.04. The topological polar surface area (TPSA) is 63.7 Å². The Balaban J connectivity index is 1.56. The van der Waals surface area contributed by atoms with Gasteiger partial charge in [-0.15, -0.1) is 11.3 Å². The molecule has 1 amide bonds. The number of alkyl halides is 2. The van der Waals surface area contributed by atoms with Gasteiger partial charge in [-0.3, -0.25) is 15.0 Å². The van der Waals surface area contributed by atoms with E-state index < -0.39 is 6.61 Å². The average molecular weight is 397 g/mol. The molecule has 2 heterocycles. The molecule has 1 N–H and O–H groups in total. The molecular formula is C18H21F2N3O3S. The second kappa shape index (κ2) is 8.73. The molecule has 1 aromatic carbocycles. The number of anilines is 1. The predicted octanol–water partition coefficient (Wildman–Crippen LogP) is 3.61. The van der Waals surface area contributed by atoms with Crippen LogP contribution in [0.2, 0.25) is 0 Å². The Morgan fingerprint density at radius 1 is 1.33 bits per heavy atom. The maximum absolute atomic E-state index is 12.3. The number of amides is 1. The van der Waals surface area contributed by atoms with Crippen molar-refractivity contribution in [2.45, 2.75) is 39.2 Å². The fraction of sp³-hybridized carbons (Fsp3) is 0.444. The average Bonchev–Trinajstić information content (AvgIpc) is 3.00. The molecular weight excluding hydrogens is 376 g/mol. The second-order valence-corrected chi connectivity index (χ2v) is 7.31. The minimum absolute atomic E-state index is 0.00653. The van der Waals surface area contributed by atoms with E-state index in [1.807, 2.05) is 19.2 Å². The number of carbonyl (C=O) groups excluding carboxylic acids is 1. The first kappa shape index (κ1) is 19.7. The Morgan fingerprint density at radius 3 is 2.63 bits per heavy atom. The number of nitrogens with one attached hydrogen (secondary N) is 1. The van der Waals surface area contributed by atoms with Crippen molar-refractivity contribution in [3.05, 3.63) is 40.9 Å². The maximum atomic E-state index is 12.3. The summed E-state index contributed by atoms with van der Waals surface area (Å²) in [4.78, 5) is 19.0. The predicted molar refractivity (Wildman–Crippen MR) is 98.4 cm³/mol. The van der Waals surface area contributed by atoms with Crippen LogP contribution in [0.3, 0.4) is 0 Å². The third kappa shape index (κ3) is 5.69. The third-order valence-corrected chi connectivity index (χ3v) is 4.80. The van der Waals surface area contributed by atoms with Crippen LogP contribution in [0.15, 0.2) is 29.6 Å². The van der Waals surface area contributed by atoms with E-state index in [4.69, 9.17) is 4.74 Å². The molecule has 1 aliphatic rings. The normalized spacial score (nSPS) is 20.6. The molecule has 1 aliphatic heterocycles. The molecule has 0 bridgehead atoms. The van der Waals surface area contributed by atoms with Gasteiger partial charge in [-0.2, -0.15) is 8.78 Å². The van der Waals surface area contributed by atoms with Gasteiger partial charge in [0.25, 0.3) is 5.91 Å². The van der Waals surface area contributed by atoms with Gasteiger partial charge in [0.15, 0.2) is 5.13 Å². The molecule has 1 saturated heterocycles. The van der Waals surface area contributed by atoms with Crippen LogP contribution in [-0.4, -0.2) is 47.7 Å². The smallest absolute Gasteiger partial charge is 0.387 e. The summed E-state index contributed by atoms with van der Waals surface area (Å²) in [5, 5.41) is 5.14. The molecule has 146 valence electrons. The number of aromatic nitrogens is 1. The Kier molecular flexibility index (Phi) is 6.35. The first-order valence-electron chi connectivity index (χ1n) is 8.57. The second-order valence-electron chi connectivity index (χ2n) is 6.45. The molecule has 1 fully saturated rings. The largest absolute Gasteiger partial charge is 0.435 e. The molecule has 3 rings (SSSR count). The Hall–Kier alpha value is -2.10. The summed E-state index contributed by atoms with van der Waals surface area (Å²) >= 11 is 1.35. The molecule has 0 aliphatic carbocycles. The molecule has 1 aromatic heterocycles. The lowest BCUT2D eigenvalue weighted by Crippen LogP contribution is -2.44. The minimum atomic E-state index is -2.89. The molecule has 0 saturated carbocycles. The van der Waals surface area contributed by atoms with Crippen LogP contribution in [0.4, 0.5) is 13.9 Å². The van der Waals surface area contributed by atoms with Gasteiger partial charge in [0, 0.05) is 30.6 Å². The van der Waals surface area contributed by atoms with Crippen molar-refractivity contribution in [2.75, 3.05) is 18.4 Å². The van der Waals surface area contributed by atoms with Crippen molar-refractivity contribution in [3.63, 3.8) is 0 Å². The van der Waals surface area contributed by atoms with Crippen LogP contribution >= 0.6 is 11.3 Å². The van der Waals surface area contributed by atoms with Gasteiger partial charge in [-0.1, -0.05) is 0 Å². The molecule has 2 atom stereocenters. The molecule has 9 heteroatoms. The molecule has 0 radical (unpaired) electrons. The van der Waals surface area contributed by atoms with E-state index in [2.05, 4.69) is 19.9 Å². The first-order chi connectivity index (χ1) is 12.9.